The Morgan fingerprint density at radius 3 is 2.84 bits per heavy atom. The molecule has 2 aromatic carbocycles. The number of carbonyl (C=O) groups is 1. The van der Waals surface area contributed by atoms with Gasteiger partial charge in [0.15, 0.2) is 5.76 Å². The molecule has 25 heavy (non-hydrogen) atoms. The van der Waals surface area contributed by atoms with Crippen molar-refractivity contribution in [3.63, 3.8) is 0 Å². The minimum Gasteiger partial charge on any atom is -0.494 e. The monoisotopic (exact) mass is 376 g/mol. The highest BCUT2D eigenvalue weighted by Gasteiger charge is 2.12. The Morgan fingerprint density at radius 1 is 1.24 bits per heavy atom. The molecule has 1 N–H and O–H groups in total. The predicted octanol–water partition coefficient (Wildman–Crippen LogP) is 4.90. The molecular weight excluding hydrogens is 363 g/mol. The van der Waals surface area contributed by atoms with Crippen molar-refractivity contribution in [2.24, 2.45) is 5.10 Å². The summed E-state index contributed by atoms with van der Waals surface area (Å²) in [5.41, 5.74) is 3.64. The first kappa shape index (κ1) is 17.3. The van der Waals surface area contributed by atoms with Crippen LogP contribution in [0.25, 0.3) is 11.0 Å². The van der Waals surface area contributed by atoms with Gasteiger partial charge in [-0.2, -0.15) is 5.10 Å². The van der Waals surface area contributed by atoms with Gasteiger partial charge >= 0.3 is 5.91 Å². The third kappa shape index (κ3) is 4.13. The maximum Gasteiger partial charge on any atom is 0.307 e. The molecule has 1 heterocycles. The number of hydrazone groups is 1. The van der Waals surface area contributed by atoms with E-state index in [4.69, 9.17) is 32.4 Å². The van der Waals surface area contributed by atoms with E-state index in [0.717, 1.165) is 11.1 Å². The van der Waals surface area contributed by atoms with Crippen LogP contribution in [0, 0.1) is 0 Å². The van der Waals surface area contributed by atoms with E-state index in [-0.39, 0.29) is 5.76 Å². The maximum absolute atomic E-state index is 12.2. The molecular formula is C18H14Cl2N2O3. The number of halogens is 2. The molecule has 0 bridgehead atoms. The van der Waals surface area contributed by atoms with Crippen molar-refractivity contribution in [3.05, 3.63) is 63.8 Å². The van der Waals surface area contributed by atoms with E-state index in [9.17, 15) is 4.79 Å². The fraction of sp³-hybridized carbons (Fsp3) is 0.111. The Balaban J connectivity index is 1.72. The standard InChI is InChI=1S/C18H14Cl2N2O3/c1-2-24-14-5-6-16-12(7-14)8-17(25-16)18(23)22-21-10-11-3-4-13(19)9-15(11)20/h3-10H,2H2,1H3,(H,22,23)/b21-10+. The second-order valence-corrected chi connectivity index (χ2v) is 5.95. The molecule has 0 spiro atoms. The van der Waals surface area contributed by atoms with Crippen LogP contribution >= 0.6 is 23.2 Å². The molecule has 0 aliphatic rings. The van der Waals surface area contributed by atoms with Crippen molar-refractivity contribution in [3.8, 4) is 5.75 Å². The quantitative estimate of drug-likeness (QED) is 0.508. The molecule has 0 radical (unpaired) electrons. The Hall–Kier alpha value is -2.50. The Labute approximate surface area is 154 Å². The summed E-state index contributed by atoms with van der Waals surface area (Å²) in [6.45, 7) is 2.47. The van der Waals surface area contributed by atoms with Crippen LogP contribution in [0.1, 0.15) is 23.0 Å². The van der Waals surface area contributed by atoms with Gasteiger partial charge in [0, 0.05) is 16.0 Å². The van der Waals surface area contributed by atoms with Gasteiger partial charge < -0.3 is 9.15 Å². The van der Waals surface area contributed by atoms with Gasteiger partial charge in [0.05, 0.1) is 17.8 Å². The number of hydrogen-bond donors (Lipinski definition) is 1. The SMILES string of the molecule is CCOc1ccc2oc(C(=O)N/N=C/c3ccc(Cl)cc3Cl)cc2c1. The number of amides is 1. The summed E-state index contributed by atoms with van der Waals surface area (Å²) in [7, 11) is 0. The van der Waals surface area contributed by atoms with Crippen LogP contribution in [0.5, 0.6) is 5.75 Å². The summed E-state index contributed by atoms with van der Waals surface area (Å²) >= 11 is 11.9. The molecule has 1 aromatic heterocycles. The molecule has 0 saturated heterocycles. The van der Waals surface area contributed by atoms with Crippen LogP contribution in [0.3, 0.4) is 0 Å². The molecule has 128 valence electrons. The van der Waals surface area contributed by atoms with E-state index in [0.29, 0.717) is 27.8 Å². The number of furan rings is 1. The Kier molecular flexibility index (Phi) is 5.26. The lowest BCUT2D eigenvalue weighted by atomic mass is 10.2. The molecule has 0 fully saturated rings. The van der Waals surface area contributed by atoms with E-state index >= 15 is 0 Å². The topological polar surface area (TPSA) is 63.8 Å². The van der Waals surface area contributed by atoms with Crippen molar-refractivity contribution in [1.29, 1.82) is 0 Å². The van der Waals surface area contributed by atoms with Crippen molar-refractivity contribution < 1.29 is 13.9 Å². The first-order chi connectivity index (χ1) is 12.1. The fourth-order valence-electron chi connectivity index (χ4n) is 2.21. The van der Waals surface area contributed by atoms with Crippen molar-refractivity contribution in [2.75, 3.05) is 6.61 Å². The summed E-state index contributed by atoms with van der Waals surface area (Å²) in [6.07, 6.45) is 1.44. The highest BCUT2D eigenvalue weighted by atomic mass is 35.5. The number of nitrogens with one attached hydrogen (secondary N) is 1. The number of carbonyl (C=O) groups excluding carboxylic acids is 1. The zero-order valence-corrected chi connectivity index (χ0v) is 14.8. The maximum atomic E-state index is 12.2. The molecule has 7 heteroatoms. The number of hydrogen-bond acceptors (Lipinski definition) is 4. The molecule has 5 nitrogen and oxygen atoms in total. The van der Waals surface area contributed by atoms with Gasteiger partial charge in [-0.25, -0.2) is 5.43 Å². The van der Waals surface area contributed by atoms with Crippen LogP contribution in [0.2, 0.25) is 10.0 Å². The molecule has 3 aromatic rings. The third-order valence-electron chi connectivity index (χ3n) is 3.35. The van der Waals surface area contributed by atoms with Crippen LogP contribution in [-0.4, -0.2) is 18.7 Å². The lowest BCUT2D eigenvalue weighted by Crippen LogP contribution is -2.16. The van der Waals surface area contributed by atoms with E-state index in [1.165, 1.54) is 6.21 Å². The molecule has 3 rings (SSSR count). The minimum atomic E-state index is -0.463. The summed E-state index contributed by atoms with van der Waals surface area (Å²) in [5.74, 6) is 0.414. The third-order valence-corrected chi connectivity index (χ3v) is 3.92. The van der Waals surface area contributed by atoms with Crippen molar-refractivity contribution >= 4 is 46.3 Å². The molecule has 0 atom stereocenters. The predicted molar refractivity (Wildman–Crippen MR) is 98.9 cm³/mol. The van der Waals surface area contributed by atoms with Gasteiger partial charge in [-0.15, -0.1) is 0 Å². The van der Waals surface area contributed by atoms with Crippen LogP contribution < -0.4 is 10.2 Å². The fourth-order valence-corrected chi connectivity index (χ4v) is 2.67. The largest absolute Gasteiger partial charge is 0.494 e. The summed E-state index contributed by atoms with van der Waals surface area (Å²) in [6, 6.07) is 12.0. The van der Waals surface area contributed by atoms with Gasteiger partial charge in [0.1, 0.15) is 11.3 Å². The molecule has 1 amide bonds. The lowest BCUT2D eigenvalue weighted by molar-refractivity contribution is 0.0929. The van der Waals surface area contributed by atoms with Crippen LogP contribution in [-0.2, 0) is 0 Å². The first-order valence-electron chi connectivity index (χ1n) is 7.51. The summed E-state index contributed by atoms with van der Waals surface area (Å²) in [5, 5.41) is 5.64. The molecule has 0 unspecified atom stereocenters. The lowest BCUT2D eigenvalue weighted by Gasteiger charge is -2.00. The van der Waals surface area contributed by atoms with Crippen LogP contribution in [0.15, 0.2) is 52.0 Å². The van der Waals surface area contributed by atoms with Gasteiger partial charge in [-0.1, -0.05) is 29.3 Å². The minimum absolute atomic E-state index is 0.156. The first-order valence-corrected chi connectivity index (χ1v) is 8.27. The highest BCUT2D eigenvalue weighted by molar-refractivity contribution is 6.36. The Morgan fingerprint density at radius 2 is 2.08 bits per heavy atom. The zero-order chi connectivity index (χ0) is 17.8. The second kappa shape index (κ2) is 7.59. The Bertz CT molecular complexity index is 951. The zero-order valence-electron chi connectivity index (χ0n) is 13.3. The summed E-state index contributed by atoms with van der Waals surface area (Å²) in [4.78, 5) is 12.2. The molecule has 0 aliphatic carbocycles. The van der Waals surface area contributed by atoms with Gasteiger partial charge in [-0.05, 0) is 43.3 Å². The normalized spacial score (nSPS) is 11.2. The summed E-state index contributed by atoms with van der Waals surface area (Å²) < 4.78 is 10.9. The number of nitrogens with zero attached hydrogens (tertiary/aromatic N) is 1. The average molecular weight is 377 g/mol. The van der Waals surface area contributed by atoms with E-state index in [1.54, 1.807) is 36.4 Å². The van der Waals surface area contributed by atoms with Gasteiger partial charge in [0.25, 0.3) is 0 Å². The average Bonchev–Trinajstić information content (AvgIpc) is 3.00. The second-order valence-electron chi connectivity index (χ2n) is 5.11. The number of fused-ring (bicyclic) bond motifs is 1. The number of benzene rings is 2. The van der Waals surface area contributed by atoms with Gasteiger partial charge in [-0.3, -0.25) is 4.79 Å². The van der Waals surface area contributed by atoms with E-state index < -0.39 is 5.91 Å². The van der Waals surface area contributed by atoms with Crippen LogP contribution in [0.4, 0.5) is 0 Å². The van der Waals surface area contributed by atoms with E-state index in [1.807, 2.05) is 13.0 Å². The van der Waals surface area contributed by atoms with Crippen molar-refractivity contribution in [2.45, 2.75) is 6.92 Å². The van der Waals surface area contributed by atoms with E-state index in [2.05, 4.69) is 10.5 Å². The number of ether oxygens (including phenoxy) is 1. The van der Waals surface area contributed by atoms with Gasteiger partial charge in [0.2, 0.25) is 0 Å². The molecule has 0 saturated carbocycles. The van der Waals surface area contributed by atoms with Crippen molar-refractivity contribution in [1.82, 2.24) is 5.43 Å². The highest BCUT2D eigenvalue weighted by Crippen LogP contribution is 2.24. The molecule has 0 aliphatic heterocycles. The number of rotatable bonds is 5. The smallest absolute Gasteiger partial charge is 0.307 e.